The number of carboxylic acid groups (broad SMARTS) is 1. The molecule has 2 aromatic rings. The van der Waals surface area contributed by atoms with Crippen molar-refractivity contribution in [1.29, 1.82) is 0 Å². The lowest BCUT2D eigenvalue weighted by molar-refractivity contribution is 0.0690. The van der Waals surface area contributed by atoms with Gasteiger partial charge in [0.15, 0.2) is 21.3 Å². The molecule has 0 spiro atoms. The van der Waals surface area contributed by atoms with E-state index in [1.807, 2.05) is 0 Å². The molecule has 0 atom stereocenters. The maximum Gasteiger partial charge on any atom is 0.356 e. The zero-order chi connectivity index (χ0) is 13.3. The lowest BCUT2D eigenvalue weighted by atomic mass is 10.4. The van der Waals surface area contributed by atoms with Crippen molar-refractivity contribution in [2.75, 3.05) is 6.26 Å². The Morgan fingerprint density at radius 1 is 1.33 bits per heavy atom. The molecule has 0 amide bonds. The molecule has 0 saturated heterocycles. The van der Waals surface area contributed by atoms with E-state index >= 15 is 0 Å². The highest BCUT2D eigenvalue weighted by atomic mass is 32.2. The first-order valence-electron chi connectivity index (χ1n) is 4.68. The molecule has 2 rings (SSSR count). The molecule has 0 radical (unpaired) electrons. The standard InChI is InChI=1S/C9H8N4O4S/c1-18(16,17)6-2-11-13(5-6)8-4-10-3-7(12-8)9(14)15/h2-5H,1H3,(H,14,15). The van der Waals surface area contributed by atoms with Gasteiger partial charge in [0.25, 0.3) is 0 Å². The van der Waals surface area contributed by atoms with Crippen LogP contribution in [0.2, 0.25) is 0 Å². The molecule has 0 unspecified atom stereocenters. The normalized spacial score (nSPS) is 11.4. The van der Waals surface area contributed by atoms with Crippen molar-refractivity contribution in [2.45, 2.75) is 4.90 Å². The lowest BCUT2D eigenvalue weighted by Crippen LogP contribution is -2.06. The predicted molar refractivity (Wildman–Crippen MR) is 59.2 cm³/mol. The average molecular weight is 268 g/mol. The van der Waals surface area contributed by atoms with Crippen molar-refractivity contribution in [3.05, 3.63) is 30.5 Å². The van der Waals surface area contributed by atoms with Gasteiger partial charge in [-0.3, -0.25) is 4.98 Å². The molecule has 94 valence electrons. The number of carbonyl (C=O) groups is 1. The van der Waals surface area contributed by atoms with Gasteiger partial charge in [-0.05, 0) is 0 Å². The SMILES string of the molecule is CS(=O)(=O)c1cnn(-c2cncc(C(=O)O)n2)c1. The van der Waals surface area contributed by atoms with Crippen LogP contribution in [0.25, 0.3) is 5.82 Å². The third-order valence-corrected chi connectivity index (χ3v) is 3.13. The van der Waals surface area contributed by atoms with E-state index in [4.69, 9.17) is 5.11 Å². The van der Waals surface area contributed by atoms with Gasteiger partial charge in [-0.2, -0.15) is 5.10 Å². The Morgan fingerprint density at radius 2 is 2.06 bits per heavy atom. The third kappa shape index (κ3) is 2.35. The van der Waals surface area contributed by atoms with Crippen molar-refractivity contribution < 1.29 is 18.3 Å². The average Bonchev–Trinajstić information content (AvgIpc) is 2.78. The lowest BCUT2D eigenvalue weighted by Gasteiger charge is -2.00. The van der Waals surface area contributed by atoms with Crippen LogP contribution in [0.4, 0.5) is 0 Å². The molecule has 0 aliphatic carbocycles. The van der Waals surface area contributed by atoms with Crippen molar-refractivity contribution in [3.8, 4) is 5.82 Å². The molecule has 0 aliphatic rings. The van der Waals surface area contributed by atoms with E-state index in [0.29, 0.717) is 0 Å². The van der Waals surface area contributed by atoms with Crippen LogP contribution in [0.5, 0.6) is 0 Å². The van der Waals surface area contributed by atoms with Crippen LogP contribution < -0.4 is 0 Å². The summed E-state index contributed by atoms with van der Waals surface area (Å²) in [6, 6.07) is 0. The van der Waals surface area contributed by atoms with Gasteiger partial charge in [-0.15, -0.1) is 0 Å². The van der Waals surface area contributed by atoms with Gasteiger partial charge in [0.2, 0.25) is 0 Å². The fourth-order valence-electron chi connectivity index (χ4n) is 1.19. The number of hydrogen-bond acceptors (Lipinski definition) is 6. The molecule has 8 nitrogen and oxygen atoms in total. The molecule has 0 saturated carbocycles. The fourth-order valence-corrected chi connectivity index (χ4v) is 1.72. The molecule has 1 N–H and O–H groups in total. The fraction of sp³-hybridized carbons (Fsp3) is 0.111. The Hall–Kier alpha value is -2.29. The first-order chi connectivity index (χ1) is 8.38. The molecule has 0 aromatic carbocycles. The Morgan fingerprint density at radius 3 is 2.61 bits per heavy atom. The van der Waals surface area contributed by atoms with Gasteiger partial charge < -0.3 is 5.11 Å². The third-order valence-electron chi connectivity index (χ3n) is 2.06. The number of carboxylic acids is 1. The Kier molecular flexibility index (Phi) is 2.83. The van der Waals surface area contributed by atoms with Crippen molar-refractivity contribution in [2.24, 2.45) is 0 Å². The summed E-state index contributed by atoms with van der Waals surface area (Å²) in [5.74, 6) is -1.09. The Labute approximate surface area is 102 Å². The highest BCUT2D eigenvalue weighted by molar-refractivity contribution is 7.90. The summed E-state index contributed by atoms with van der Waals surface area (Å²) in [7, 11) is -3.36. The molecule has 0 fully saturated rings. The minimum absolute atomic E-state index is 0.0185. The number of aromatic carboxylic acids is 1. The van der Waals surface area contributed by atoms with E-state index in [9.17, 15) is 13.2 Å². The summed E-state index contributed by atoms with van der Waals surface area (Å²) in [5, 5.41) is 12.6. The van der Waals surface area contributed by atoms with Crippen LogP contribution >= 0.6 is 0 Å². The first-order valence-corrected chi connectivity index (χ1v) is 6.57. The van der Waals surface area contributed by atoms with E-state index in [1.165, 1.54) is 12.4 Å². The number of rotatable bonds is 3. The second-order valence-corrected chi connectivity index (χ2v) is 5.48. The van der Waals surface area contributed by atoms with Crippen molar-refractivity contribution in [1.82, 2.24) is 19.7 Å². The van der Waals surface area contributed by atoms with Crippen LogP contribution in [-0.4, -0.2) is 45.5 Å². The molecule has 2 heterocycles. The van der Waals surface area contributed by atoms with Gasteiger partial charge >= 0.3 is 5.97 Å². The summed E-state index contributed by atoms with van der Waals surface area (Å²) in [6.45, 7) is 0. The summed E-state index contributed by atoms with van der Waals surface area (Å²) in [5.41, 5.74) is -0.246. The number of sulfone groups is 1. The summed E-state index contributed by atoms with van der Waals surface area (Å²) in [4.78, 5) is 18.2. The summed E-state index contributed by atoms with van der Waals surface area (Å²) in [6.07, 6.45) is 5.82. The van der Waals surface area contributed by atoms with Crippen LogP contribution in [0.3, 0.4) is 0 Å². The second-order valence-electron chi connectivity index (χ2n) is 3.46. The minimum Gasteiger partial charge on any atom is -0.476 e. The van der Waals surface area contributed by atoms with E-state index in [1.54, 1.807) is 0 Å². The zero-order valence-electron chi connectivity index (χ0n) is 9.18. The van der Waals surface area contributed by atoms with Gasteiger partial charge in [0.05, 0.1) is 24.8 Å². The quantitative estimate of drug-likeness (QED) is 0.816. The van der Waals surface area contributed by atoms with Crippen molar-refractivity contribution in [3.63, 3.8) is 0 Å². The van der Waals surface area contributed by atoms with E-state index in [0.717, 1.165) is 23.3 Å². The molecular weight excluding hydrogens is 260 g/mol. The first kappa shape index (κ1) is 12.2. The highest BCUT2D eigenvalue weighted by Crippen LogP contribution is 2.10. The van der Waals surface area contributed by atoms with Gasteiger partial charge in [-0.25, -0.2) is 22.9 Å². The molecule has 2 aromatic heterocycles. The van der Waals surface area contributed by atoms with Crippen LogP contribution in [0, 0.1) is 0 Å². The summed E-state index contributed by atoms with van der Waals surface area (Å²) >= 11 is 0. The smallest absolute Gasteiger partial charge is 0.356 e. The van der Waals surface area contributed by atoms with Gasteiger partial charge in [0.1, 0.15) is 4.90 Å². The van der Waals surface area contributed by atoms with Gasteiger partial charge in [0, 0.05) is 6.26 Å². The monoisotopic (exact) mass is 268 g/mol. The van der Waals surface area contributed by atoms with E-state index in [2.05, 4.69) is 15.1 Å². The molecule has 0 bridgehead atoms. The minimum atomic E-state index is -3.36. The van der Waals surface area contributed by atoms with Crippen LogP contribution in [0.15, 0.2) is 29.7 Å². The maximum atomic E-state index is 11.3. The van der Waals surface area contributed by atoms with E-state index in [-0.39, 0.29) is 16.4 Å². The van der Waals surface area contributed by atoms with Crippen LogP contribution in [-0.2, 0) is 9.84 Å². The maximum absolute atomic E-state index is 11.3. The topological polar surface area (TPSA) is 115 Å². The number of aromatic nitrogens is 4. The molecule has 0 aliphatic heterocycles. The second kappa shape index (κ2) is 4.18. The van der Waals surface area contributed by atoms with E-state index < -0.39 is 15.8 Å². The number of hydrogen-bond donors (Lipinski definition) is 1. The Balaban J connectivity index is 2.46. The van der Waals surface area contributed by atoms with Crippen LogP contribution in [0.1, 0.15) is 10.5 Å². The summed E-state index contributed by atoms with van der Waals surface area (Å²) < 4.78 is 23.7. The number of nitrogens with zero attached hydrogens (tertiary/aromatic N) is 4. The Bertz CT molecular complexity index is 707. The molecule has 18 heavy (non-hydrogen) atoms. The van der Waals surface area contributed by atoms with Crippen molar-refractivity contribution >= 4 is 15.8 Å². The highest BCUT2D eigenvalue weighted by Gasteiger charge is 2.12. The predicted octanol–water partition coefficient (Wildman–Crippen LogP) is -0.236. The molecular formula is C9H8N4O4S. The largest absolute Gasteiger partial charge is 0.476 e. The molecule has 9 heteroatoms. The zero-order valence-corrected chi connectivity index (χ0v) is 9.99. The van der Waals surface area contributed by atoms with Gasteiger partial charge in [-0.1, -0.05) is 0 Å².